The number of Topliss-reactive ketones (excluding diaryl/α,β-unsaturated/α-hetero) is 1. The summed E-state index contributed by atoms with van der Waals surface area (Å²) in [6.45, 7) is 17.7. The van der Waals surface area contributed by atoms with Crippen molar-refractivity contribution in [3.63, 3.8) is 0 Å². The van der Waals surface area contributed by atoms with Crippen molar-refractivity contribution in [3.8, 4) is 16.2 Å². The van der Waals surface area contributed by atoms with Crippen molar-refractivity contribution in [1.82, 2.24) is 15.2 Å². The number of hydrogen-bond acceptors (Lipinski definition) is 10. The topological polar surface area (TPSA) is 116 Å². The van der Waals surface area contributed by atoms with E-state index in [1.54, 1.807) is 16.2 Å². The van der Waals surface area contributed by atoms with Gasteiger partial charge >= 0.3 is 0 Å². The molecule has 3 unspecified atom stereocenters. The number of benzene rings is 2. The first-order valence-corrected chi connectivity index (χ1v) is 22.1. The summed E-state index contributed by atoms with van der Waals surface area (Å²) in [4.78, 5) is 44.3. The second kappa shape index (κ2) is 27.3. The van der Waals surface area contributed by atoms with Crippen molar-refractivity contribution in [1.29, 1.82) is 0 Å². The van der Waals surface area contributed by atoms with Crippen molar-refractivity contribution in [2.75, 3.05) is 53.3 Å². The predicted octanol–water partition coefficient (Wildman–Crippen LogP) is 9.11. The number of thiazole rings is 1. The van der Waals surface area contributed by atoms with Gasteiger partial charge in [0.2, 0.25) is 0 Å². The molecule has 57 heavy (non-hydrogen) atoms. The average molecular weight is 808 g/mol. The molecular formula is C46H69N3O7S. The lowest BCUT2D eigenvalue weighted by atomic mass is 9.84. The number of aldehydes is 1. The van der Waals surface area contributed by atoms with Gasteiger partial charge in [0.05, 0.1) is 55.2 Å². The summed E-state index contributed by atoms with van der Waals surface area (Å²) in [5, 5.41) is 3.20. The van der Waals surface area contributed by atoms with E-state index in [1.807, 2.05) is 71.4 Å². The number of ether oxygens (including phenoxy) is 4. The Kier molecular flexibility index (Phi) is 22.9. The van der Waals surface area contributed by atoms with Crippen LogP contribution < -0.4 is 10.1 Å². The standard InChI is InChI=1S/C25H40N2O4S.C19H23NO3.C2H6/c1-4-5-6-7-8-11-28-12-13-29-14-15-30-16-17-31-24-18-22(9-10-23(24)19-26-3)25-21(2)27-20-32-25;1-12(2)17(18(22)15-9-5-7-14(15)11-21)20-10-13-6-3-4-8-16(13)19(20)23;1-2/h9-10,18,20,26H,4-8,11-17,19H2,1-3H3;3-4,6,8,11-12,14-15,17H,5,7,9-10H2,1-2H3;1-2H3. The van der Waals surface area contributed by atoms with E-state index < -0.39 is 6.04 Å². The fraction of sp³-hybridized carbons (Fsp3) is 0.609. The number of rotatable bonds is 24. The zero-order valence-electron chi connectivity index (χ0n) is 35.7. The Hall–Kier alpha value is -3.48. The molecule has 3 aromatic rings. The van der Waals surface area contributed by atoms with Crippen molar-refractivity contribution >= 4 is 29.3 Å². The van der Waals surface area contributed by atoms with Gasteiger partial charge in [-0.05, 0) is 62.4 Å². The van der Waals surface area contributed by atoms with Crippen LogP contribution in [0.4, 0.5) is 0 Å². The van der Waals surface area contributed by atoms with Gasteiger partial charge in [0.1, 0.15) is 18.6 Å². The number of fused-ring (bicyclic) bond motifs is 1. The SMILES string of the molecule is CC.CC(C)C(C(=O)C1CCCC1C=O)N1Cc2ccccc2C1=O.CCCCCCCOCCOCCOCCOc1cc(-c2scnc2C)ccc1CNC. The highest BCUT2D eigenvalue weighted by atomic mass is 32.1. The van der Waals surface area contributed by atoms with E-state index >= 15 is 0 Å². The fourth-order valence-corrected chi connectivity index (χ4v) is 8.18. The van der Waals surface area contributed by atoms with Gasteiger partial charge in [-0.15, -0.1) is 11.3 Å². The van der Waals surface area contributed by atoms with E-state index in [0.717, 1.165) is 73.3 Å². The largest absolute Gasteiger partial charge is 0.491 e. The maximum Gasteiger partial charge on any atom is 0.255 e. The quantitative estimate of drug-likeness (QED) is 0.0699. The summed E-state index contributed by atoms with van der Waals surface area (Å²) in [6, 6.07) is 13.4. The predicted molar refractivity (Wildman–Crippen MR) is 230 cm³/mol. The van der Waals surface area contributed by atoms with Crippen molar-refractivity contribution in [3.05, 3.63) is 70.4 Å². The molecule has 3 atom stereocenters. The minimum absolute atomic E-state index is 0.0358. The molecule has 0 radical (unpaired) electrons. The molecule has 2 heterocycles. The molecule has 1 aliphatic heterocycles. The van der Waals surface area contributed by atoms with Crippen molar-refractivity contribution in [2.45, 2.75) is 112 Å². The Labute approximate surface area is 346 Å². The third kappa shape index (κ3) is 15.0. The first-order chi connectivity index (χ1) is 27.8. The second-order valence-electron chi connectivity index (χ2n) is 14.7. The van der Waals surface area contributed by atoms with E-state index in [4.69, 9.17) is 18.9 Å². The molecule has 316 valence electrons. The maximum absolute atomic E-state index is 13.1. The summed E-state index contributed by atoms with van der Waals surface area (Å²) >= 11 is 1.65. The van der Waals surface area contributed by atoms with Crippen LogP contribution in [0.1, 0.15) is 113 Å². The molecule has 0 bridgehead atoms. The zero-order chi connectivity index (χ0) is 41.4. The van der Waals surface area contributed by atoms with Gasteiger partial charge in [0.15, 0.2) is 5.78 Å². The summed E-state index contributed by atoms with van der Waals surface area (Å²) in [5.74, 6) is 0.523. The van der Waals surface area contributed by atoms with E-state index in [0.29, 0.717) is 51.7 Å². The lowest BCUT2D eigenvalue weighted by Crippen LogP contribution is -2.48. The van der Waals surface area contributed by atoms with Gasteiger partial charge in [-0.1, -0.05) is 97.1 Å². The molecule has 1 saturated carbocycles. The second-order valence-corrected chi connectivity index (χ2v) is 15.6. The van der Waals surface area contributed by atoms with Crippen molar-refractivity contribution < 1.29 is 33.3 Å². The highest BCUT2D eigenvalue weighted by molar-refractivity contribution is 7.13. The Morgan fingerprint density at radius 1 is 0.947 bits per heavy atom. The van der Waals surface area contributed by atoms with Crippen molar-refractivity contribution in [2.24, 2.45) is 17.8 Å². The molecule has 1 amide bonds. The normalized spacial score (nSPS) is 16.4. The number of amides is 1. The number of carbonyl (C=O) groups is 3. The van der Waals surface area contributed by atoms with Gasteiger partial charge < -0.3 is 34.0 Å². The highest BCUT2D eigenvalue weighted by Crippen LogP contribution is 2.36. The Morgan fingerprint density at radius 3 is 2.26 bits per heavy atom. The maximum atomic E-state index is 13.1. The van der Waals surface area contributed by atoms with Crippen LogP contribution in [0.5, 0.6) is 5.75 Å². The monoisotopic (exact) mass is 807 g/mol. The number of unbranched alkanes of at least 4 members (excludes halogenated alkanes) is 4. The number of aryl methyl sites for hydroxylation is 1. The molecular weight excluding hydrogens is 739 g/mol. The number of nitrogens with zero attached hydrogens (tertiary/aromatic N) is 2. The number of hydrogen-bond donors (Lipinski definition) is 1. The van der Waals surface area contributed by atoms with Crippen LogP contribution in [-0.2, 0) is 36.9 Å². The molecule has 5 rings (SSSR count). The van der Waals surface area contributed by atoms with Crippen LogP contribution in [0.2, 0.25) is 0 Å². The summed E-state index contributed by atoms with van der Waals surface area (Å²) in [5.41, 5.74) is 6.87. The van der Waals surface area contributed by atoms with E-state index in [1.165, 1.54) is 30.6 Å². The number of ketones is 1. The zero-order valence-corrected chi connectivity index (χ0v) is 36.5. The number of nitrogens with one attached hydrogen (secondary N) is 1. The molecule has 10 nitrogen and oxygen atoms in total. The third-order valence-corrected chi connectivity index (χ3v) is 11.3. The van der Waals surface area contributed by atoms with Gasteiger partial charge in [-0.2, -0.15) is 0 Å². The molecule has 0 saturated heterocycles. The molecule has 2 aliphatic rings. The minimum Gasteiger partial charge on any atom is -0.491 e. The lowest BCUT2D eigenvalue weighted by molar-refractivity contribution is -0.132. The summed E-state index contributed by atoms with van der Waals surface area (Å²) in [6.07, 6.45) is 9.71. The summed E-state index contributed by atoms with van der Waals surface area (Å²) < 4.78 is 22.8. The van der Waals surface area contributed by atoms with Gasteiger partial charge in [0.25, 0.3) is 5.91 Å². The minimum atomic E-state index is -0.444. The van der Waals surface area contributed by atoms with Gasteiger partial charge in [0, 0.05) is 42.7 Å². The van der Waals surface area contributed by atoms with E-state index in [-0.39, 0.29) is 29.4 Å². The molecule has 1 aliphatic carbocycles. The number of aromatic nitrogens is 1. The van der Waals surface area contributed by atoms with Crippen LogP contribution in [0.3, 0.4) is 0 Å². The van der Waals surface area contributed by atoms with Crippen LogP contribution in [0.15, 0.2) is 48.0 Å². The number of carbonyl (C=O) groups excluding carboxylic acids is 3. The lowest BCUT2D eigenvalue weighted by Gasteiger charge is -2.32. The third-order valence-electron chi connectivity index (χ3n) is 10.3. The van der Waals surface area contributed by atoms with Crippen LogP contribution >= 0.6 is 11.3 Å². The first-order valence-electron chi connectivity index (χ1n) is 21.2. The summed E-state index contributed by atoms with van der Waals surface area (Å²) in [7, 11) is 1.94. The average Bonchev–Trinajstić information content (AvgIpc) is 3.97. The van der Waals surface area contributed by atoms with Crippen LogP contribution in [0, 0.1) is 24.7 Å². The molecule has 2 aromatic carbocycles. The van der Waals surface area contributed by atoms with Crippen LogP contribution in [-0.4, -0.2) is 87.2 Å². The molecule has 1 N–H and O–H groups in total. The Balaban J connectivity index is 0.000000306. The van der Waals surface area contributed by atoms with E-state index in [2.05, 4.69) is 35.4 Å². The van der Waals surface area contributed by atoms with Gasteiger partial charge in [-0.3, -0.25) is 9.59 Å². The molecule has 1 fully saturated rings. The fourth-order valence-electron chi connectivity index (χ4n) is 7.37. The molecule has 0 spiro atoms. The molecule has 11 heteroatoms. The van der Waals surface area contributed by atoms with E-state index in [9.17, 15) is 14.4 Å². The molecule has 1 aromatic heterocycles. The first kappa shape index (κ1) is 47.9. The highest BCUT2D eigenvalue weighted by Gasteiger charge is 2.43. The smallest absolute Gasteiger partial charge is 0.255 e. The Bertz CT molecular complexity index is 1610. The van der Waals surface area contributed by atoms with Crippen LogP contribution in [0.25, 0.3) is 10.4 Å². The van der Waals surface area contributed by atoms with Gasteiger partial charge in [-0.25, -0.2) is 4.98 Å². The Morgan fingerprint density at radius 2 is 1.63 bits per heavy atom.